The standard InChI is InChI=1S/C16H15N3O2S2/c20-15(11-3-8-22-10-11)17-12-1-2-13-14(9-12)23-16(18-13)19-4-6-21-7-5-19/h1-3,8-10H,4-7H2,(H,17,20). The van der Waals surface area contributed by atoms with E-state index in [0.717, 1.165) is 47.3 Å². The topological polar surface area (TPSA) is 54.5 Å². The van der Waals surface area contributed by atoms with Gasteiger partial charge in [-0.1, -0.05) is 11.3 Å². The minimum Gasteiger partial charge on any atom is -0.378 e. The molecular formula is C16H15N3O2S2. The molecule has 0 spiro atoms. The van der Waals surface area contributed by atoms with E-state index in [1.54, 1.807) is 11.3 Å². The summed E-state index contributed by atoms with van der Waals surface area (Å²) in [4.78, 5) is 19.1. The van der Waals surface area contributed by atoms with Crippen LogP contribution in [-0.4, -0.2) is 37.2 Å². The molecule has 1 aliphatic heterocycles. The predicted molar refractivity (Wildman–Crippen MR) is 94.9 cm³/mol. The highest BCUT2D eigenvalue weighted by Gasteiger charge is 2.16. The highest BCUT2D eigenvalue weighted by atomic mass is 32.1. The molecule has 0 aliphatic carbocycles. The average molecular weight is 345 g/mol. The van der Waals surface area contributed by atoms with Crippen LogP contribution in [0.4, 0.5) is 10.8 Å². The lowest BCUT2D eigenvalue weighted by molar-refractivity contribution is 0.102. The summed E-state index contributed by atoms with van der Waals surface area (Å²) in [7, 11) is 0. The Hall–Kier alpha value is -1.96. The molecule has 0 bridgehead atoms. The van der Waals surface area contributed by atoms with Gasteiger partial charge in [0.05, 0.1) is 29.0 Å². The van der Waals surface area contributed by atoms with Crippen molar-refractivity contribution in [2.75, 3.05) is 36.5 Å². The fourth-order valence-electron chi connectivity index (χ4n) is 2.48. The van der Waals surface area contributed by atoms with Crippen molar-refractivity contribution in [3.05, 3.63) is 40.6 Å². The Morgan fingerprint density at radius 2 is 2.13 bits per heavy atom. The predicted octanol–water partition coefficient (Wildman–Crippen LogP) is 3.45. The van der Waals surface area contributed by atoms with Crippen LogP contribution in [0.2, 0.25) is 0 Å². The number of thiophene rings is 1. The molecule has 7 heteroatoms. The number of morpholine rings is 1. The van der Waals surface area contributed by atoms with Gasteiger partial charge in [-0.05, 0) is 29.6 Å². The zero-order valence-corrected chi connectivity index (χ0v) is 14.0. The number of anilines is 2. The van der Waals surface area contributed by atoms with E-state index >= 15 is 0 Å². The summed E-state index contributed by atoms with van der Waals surface area (Å²) in [6.07, 6.45) is 0. The van der Waals surface area contributed by atoms with Gasteiger partial charge in [0.15, 0.2) is 5.13 Å². The summed E-state index contributed by atoms with van der Waals surface area (Å²) in [5, 5.41) is 7.70. The van der Waals surface area contributed by atoms with E-state index < -0.39 is 0 Å². The highest BCUT2D eigenvalue weighted by molar-refractivity contribution is 7.22. The molecule has 3 heterocycles. The Bertz CT molecular complexity index is 823. The summed E-state index contributed by atoms with van der Waals surface area (Å²) in [6, 6.07) is 7.66. The van der Waals surface area contributed by atoms with Crippen molar-refractivity contribution in [1.29, 1.82) is 0 Å². The van der Waals surface area contributed by atoms with Crippen molar-refractivity contribution in [3.8, 4) is 0 Å². The van der Waals surface area contributed by atoms with E-state index in [1.807, 2.05) is 35.0 Å². The monoisotopic (exact) mass is 345 g/mol. The van der Waals surface area contributed by atoms with E-state index in [4.69, 9.17) is 4.74 Å². The molecule has 0 radical (unpaired) electrons. The number of nitrogens with zero attached hydrogens (tertiary/aromatic N) is 2. The van der Waals surface area contributed by atoms with Crippen LogP contribution in [-0.2, 0) is 4.74 Å². The van der Waals surface area contributed by atoms with Gasteiger partial charge in [-0.15, -0.1) is 0 Å². The van der Waals surface area contributed by atoms with Gasteiger partial charge < -0.3 is 15.0 Å². The lowest BCUT2D eigenvalue weighted by Gasteiger charge is -2.25. The maximum Gasteiger partial charge on any atom is 0.256 e. The van der Waals surface area contributed by atoms with Crippen molar-refractivity contribution < 1.29 is 9.53 Å². The summed E-state index contributed by atoms with van der Waals surface area (Å²) in [5.41, 5.74) is 2.45. The zero-order chi connectivity index (χ0) is 15.6. The highest BCUT2D eigenvalue weighted by Crippen LogP contribution is 2.31. The number of ether oxygens (including phenoxy) is 1. The number of carbonyl (C=O) groups excluding carboxylic acids is 1. The van der Waals surface area contributed by atoms with Crippen molar-refractivity contribution in [2.24, 2.45) is 0 Å². The number of benzene rings is 1. The molecule has 5 nitrogen and oxygen atoms in total. The SMILES string of the molecule is O=C(Nc1ccc2nc(N3CCOCC3)sc2c1)c1ccsc1. The van der Waals surface area contributed by atoms with E-state index in [2.05, 4.69) is 15.2 Å². The number of rotatable bonds is 3. The number of carbonyl (C=O) groups is 1. The summed E-state index contributed by atoms with van der Waals surface area (Å²) < 4.78 is 6.46. The zero-order valence-electron chi connectivity index (χ0n) is 12.3. The Morgan fingerprint density at radius 3 is 2.91 bits per heavy atom. The van der Waals surface area contributed by atoms with E-state index in [1.165, 1.54) is 11.3 Å². The number of thiazole rings is 1. The first-order valence-electron chi connectivity index (χ1n) is 7.36. The van der Waals surface area contributed by atoms with Crippen LogP contribution in [0.5, 0.6) is 0 Å². The largest absolute Gasteiger partial charge is 0.378 e. The lowest BCUT2D eigenvalue weighted by atomic mass is 10.2. The smallest absolute Gasteiger partial charge is 0.256 e. The second-order valence-corrected chi connectivity index (χ2v) is 7.03. The Kier molecular flexibility index (Phi) is 3.99. The fourth-order valence-corrected chi connectivity index (χ4v) is 4.17. The maximum atomic E-state index is 12.1. The van der Waals surface area contributed by atoms with Crippen LogP contribution >= 0.6 is 22.7 Å². The average Bonchev–Trinajstić information content (AvgIpc) is 3.25. The molecule has 1 aliphatic rings. The number of nitrogens with one attached hydrogen (secondary N) is 1. The van der Waals surface area contributed by atoms with Gasteiger partial charge in [0, 0.05) is 24.2 Å². The third-order valence-electron chi connectivity index (χ3n) is 3.70. The minimum atomic E-state index is -0.0801. The van der Waals surface area contributed by atoms with Crippen molar-refractivity contribution in [3.63, 3.8) is 0 Å². The quantitative estimate of drug-likeness (QED) is 0.790. The molecular weight excluding hydrogens is 330 g/mol. The summed E-state index contributed by atoms with van der Waals surface area (Å²) >= 11 is 3.17. The van der Waals surface area contributed by atoms with Crippen molar-refractivity contribution in [2.45, 2.75) is 0 Å². The van der Waals surface area contributed by atoms with Gasteiger partial charge in [-0.2, -0.15) is 11.3 Å². The number of hydrogen-bond acceptors (Lipinski definition) is 6. The second-order valence-electron chi connectivity index (χ2n) is 5.24. The molecule has 0 saturated carbocycles. The molecule has 3 aromatic rings. The van der Waals surface area contributed by atoms with Crippen LogP contribution < -0.4 is 10.2 Å². The van der Waals surface area contributed by atoms with Gasteiger partial charge in [-0.3, -0.25) is 4.79 Å². The van der Waals surface area contributed by atoms with E-state index in [-0.39, 0.29) is 5.91 Å². The third-order valence-corrected chi connectivity index (χ3v) is 5.46. The van der Waals surface area contributed by atoms with Gasteiger partial charge in [0.2, 0.25) is 0 Å². The van der Waals surface area contributed by atoms with Crippen LogP contribution in [0.3, 0.4) is 0 Å². The fraction of sp³-hybridized carbons (Fsp3) is 0.250. The van der Waals surface area contributed by atoms with Crippen molar-refractivity contribution in [1.82, 2.24) is 4.98 Å². The first-order valence-corrected chi connectivity index (χ1v) is 9.12. The Labute approximate surface area is 141 Å². The number of fused-ring (bicyclic) bond motifs is 1. The number of amides is 1. The Balaban J connectivity index is 1.56. The van der Waals surface area contributed by atoms with Crippen LogP contribution in [0.1, 0.15) is 10.4 Å². The first kappa shape index (κ1) is 14.6. The number of hydrogen-bond donors (Lipinski definition) is 1. The number of aromatic nitrogens is 1. The first-order chi connectivity index (χ1) is 11.3. The minimum absolute atomic E-state index is 0.0801. The van der Waals surface area contributed by atoms with Gasteiger partial charge in [0.1, 0.15) is 0 Å². The molecule has 23 heavy (non-hydrogen) atoms. The normalized spacial score (nSPS) is 15.0. The van der Waals surface area contributed by atoms with E-state index in [9.17, 15) is 4.79 Å². The maximum absolute atomic E-state index is 12.1. The molecule has 0 atom stereocenters. The molecule has 4 rings (SSSR count). The molecule has 1 N–H and O–H groups in total. The van der Waals surface area contributed by atoms with Gasteiger partial charge >= 0.3 is 0 Å². The lowest BCUT2D eigenvalue weighted by Crippen LogP contribution is -2.36. The third kappa shape index (κ3) is 3.08. The van der Waals surface area contributed by atoms with Crippen LogP contribution in [0.25, 0.3) is 10.2 Å². The summed E-state index contributed by atoms with van der Waals surface area (Å²) in [5.74, 6) is -0.0801. The molecule has 1 fully saturated rings. The van der Waals surface area contributed by atoms with Crippen LogP contribution in [0, 0.1) is 0 Å². The Morgan fingerprint density at radius 1 is 1.26 bits per heavy atom. The van der Waals surface area contributed by atoms with Gasteiger partial charge in [0.25, 0.3) is 5.91 Å². The molecule has 1 aromatic carbocycles. The second kappa shape index (κ2) is 6.27. The molecule has 1 saturated heterocycles. The molecule has 2 aromatic heterocycles. The van der Waals surface area contributed by atoms with Crippen molar-refractivity contribution >= 4 is 49.6 Å². The molecule has 0 unspecified atom stereocenters. The van der Waals surface area contributed by atoms with E-state index in [0.29, 0.717) is 5.56 Å². The summed E-state index contributed by atoms with van der Waals surface area (Å²) in [6.45, 7) is 3.25. The molecule has 118 valence electrons. The van der Waals surface area contributed by atoms with Crippen LogP contribution in [0.15, 0.2) is 35.0 Å². The van der Waals surface area contributed by atoms with Gasteiger partial charge in [-0.25, -0.2) is 4.98 Å². The molecule has 1 amide bonds.